The summed E-state index contributed by atoms with van der Waals surface area (Å²) in [5.74, 6) is 4.47. The van der Waals surface area contributed by atoms with Crippen LogP contribution in [-0.4, -0.2) is 30.7 Å². The molecule has 27 heavy (non-hydrogen) atoms. The Balaban J connectivity index is 2.45. The van der Waals surface area contributed by atoms with Crippen LogP contribution in [0.3, 0.4) is 0 Å². The van der Waals surface area contributed by atoms with Gasteiger partial charge < -0.3 is 14.0 Å². The average Bonchev–Trinajstić information content (AvgIpc) is 2.98. The van der Waals surface area contributed by atoms with Gasteiger partial charge in [-0.15, -0.1) is 11.8 Å². The molecule has 2 rings (SSSR count). The fraction of sp³-hybridized carbons (Fsp3) is 0.636. The van der Waals surface area contributed by atoms with Gasteiger partial charge in [-0.2, -0.15) is 0 Å². The van der Waals surface area contributed by atoms with Gasteiger partial charge in [-0.25, -0.2) is 0 Å². The zero-order valence-corrected chi connectivity index (χ0v) is 17.2. The quantitative estimate of drug-likeness (QED) is 0.431. The summed E-state index contributed by atoms with van der Waals surface area (Å²) >= 11 is 0. The van der Waals surface area contributed by atoms with Gasteiger partial charge in [0.2, 0.25) is 0 Å². The number of ether oxygens (including phenoxy) is 2. The first-order valence-electron chi connectivity index (χ1n) is 9.64. The minimum absolute atomic E-state index is 0.0793. The molecule has 0 radical (unpaired) electrons. The molecule has 0 aromatic carbocycles. The molecule has 0 bridgehead atoms. The third-order valence-corrected chi connectivity index (χ3v) is 5.89. The van der Waals surface area contributed by atoms with Crippen molar-refractivity contribution in [3.63, 3.8) is 0 Å². The van der Waals surface area contributed by atoms with Crippen LogP contribution in [-0.2, 0) is 25.5 Å². The molecule has 0 amide bonds. The highest BCUT2D eigenvalue weighted by Gasteiger charge is 2.48. The number of rotatable bonds is 6. The van der Waals surface area contributed by atoms with Gasteiger partial charge in [-0.05, 0) is 44.7 Å². The molecule has 0 spiro atoms. The number of aromatic nitrogens is 1. The number of esters is 2. The van der Waals surface area contributed by atoms with E-state index in [9.17, 15) is 9.59 Å². The van der Waals surface area contributed by atoms with E-state index in [0.717, 1.165) is 11.1 Å². The highest BCUT2D eigenvalue weighted by Crippen LogP contribution is 2.36. The van der Waals surface area contributed by atoms with Crippen LogP contribution in [0, 0.1) is 31.1 Å². The predicted molar refractivity (Wildman–Crippen MR) is 104 cm³/mol. The zero-order chi connectivity index (χ0) is 20.0. The standard InChI is InChI=1S/C22H31NO4/c1-6-7-13-22(20(24)26-4,21(25)27-5)14-18-15-23(17(3)16(18)2)19-11-9-8-10-12-19/h15,19H,8-14H2,1-5H3. The van der Waals surface area contributed by atoms with E-state index in [1.807, 2.05) is 0 Å². The Morgan fingerprint density at radius 2 is 1.74 bits per heavy atom. The van der Waals surface area contributed by atoms with Crippen molar-refractivity contribution in [3.8, 4) is 11.8 Å². The lowest BCUT2D eigenvalue weighted by Crippen LogP contribution is -2.43. The molecule has 1 saturated carbocycles. The Labute approximate surface area is 162 Å². The van der Waals surface area contributed by atoms with Crippen LogP contribution in [0.1, 0.15) is 68.3 Å². The van der Waals surface area contributed by atoms with Crippen LogP contribution in [0.4, 0.5) is 0 Å². The second-order valence-electron chi connectivity index (χ2n) is 7.41. The number of methoxy groups -OCH3 is 2. The van der Waals surface area contributed by atoms with E-state index in [-0.39, 0.29) is 12.8 Å². The van der Waals surface area contributed by atoms with Gasteiger partial charge in [-0.3, -0.25) is 9.59 Å². The van der Waals surface area contributed by atoms with Crippen LogP contribution >= 0.6 is 0 Å². The van der Waals surface area contributed by atoms with Crippen molar-refractivity contribution in [1.82, 2.24) is 4.57 Å². The molecule has 1 aromatic rings. The summed E-state index contributed by atoms with van der Waals surface area (Å²) in [4.78, 5) is 25.3. The molecule has 1 aliphatic carbocycles. The summed E-state index contributed by atoms with van der Waals surface area (Å²) in [7, 11) is 2.59. The van der Waals surface area contributed by atoms with E-state index >= 15 is 0 Å². The van der Waals surface area contributed by atoms with Crippen LogP contribution in [0.5, 0.6) is 0 Å². The Hall–Kier alpha value is -2.22. The van der Waals surface area contributed by atoms with Gasteiger partial charge in [0, 0.05) is 30.8 Å². The number of hydrogen-bond acceptors (Lipinski definition) is 4. The predicted octanol–water partition coefficient (Wildman–Crippen LogP) is 3.90. The lowest BCUT2D eigenvalue weighted by molar-refractivity contribution is -0.168. The molecular formula is C22H31NO4. The zero-order valence-electron chi connectivity index (χ0n) is 17.2. The second kappa shape index (κ2) is 9.12. The van der Waals surface area contributed by atoms with E-state index in [2.05, 4.69) is 36.5 Å². The summed E-state index contributed by atoms with van der Waals surface area (Å²) in [5.41, 5.74) is 1.85. The average molecular weight is 373 g/mol. The highest BCUT2D eigenvalue weighted by atomic mass is 16.5. The Morgan fingerprint density at radius 1 is 1.15 bits per heavy atom. The number of carbonyl (C=O) groups excluding carboxylic acids is 2. The minimum atomic E-state index is -1.44. The molecule has 0 atom stereocenters. The Morgan fingerprint density at radius 3 is 2.26 bits per heavy atom. The first-order valence-corrected chi connectivity index (χ1v) is 9.64. The molecular weight excluding hydrogens is 342 g/mol. The Bertz CT molecular complexity index is 728. The molecule has 1 heterocycles. The molecule has 1 aliphatic rings. The summed E-state index contributed by atoms with van der Waals surface area (Å²) in [6, 6.07) is 0.493. The minimum Gasteiger partial charge on any atom is -0.468 e. The van der Waals surface area contributed by atoms with Crippen molar-refractivity contribution in [1.29, 1.82) is 0 Å². The van der Waals surface area contributed by atoms with E-state index in [1.54, 1.807) is 6.92 Å². The molecule has 0 saturated heterocycles. The molecule has 1 aromatic heterocycles. The van der Waals surface area contributed by atoms with Crippen LogP contribution in [0.15, 0.2) is 6.20 Å². The van der Waals surface area contributed by atoms with Crippen LogP contribution < -0.4 is 0 Å². The van der Waals surface area contributed by atoms with Crippen molar-refractivity contribution in [2.24, 2.45) is 5.41 Å². The van der Waals surface area contributed by atoms with E-state index in [0.29, 0.717) is 6.04 Å². The second-order valence-corrected chi connectivity index (χ2v) is 7.41. The fourth-order valence-electron chi connectivity index (χ4n) is 4.09. The van der Waals surface area contributed by atoms with Gasteiger partial charge in [0.1, 0.15) is 0 Å². The van der Waals surface area contributed by atoms with E-state index in [4.69, 9.17) is 9.47 Å². The summed E-state index contributed by atoms with van der Waals surface area (Å²) < 4.78 is 12.3. The molecule has 5 nitrogen and oxygen atoms in total. The van der Waals surface area contributed by atoms with Crippen LogP contribution in [0.2, 0.25) is 0 Å². The summed E-state index contributed by atoms with van der Waals surface area (Å²) in [6.07, 6.45) is 8.56. The highest BCUT2D eigenvalue weighted by molar-refractivity contribution is 6.00. The number of carbonyl (C=O) groups is 2. The lowest BCUT2D eigenvalue weighted by Gasteiger charge is -2.26. The topological polar surface area (TPSA) is 57.5 Å². The summed E-state index contributed by atoms with van der Waals surface area (Å²) in [6.45, 7) is 5.85. The van der Waals surface area contributed by atoms with Crippen molar-refractivity contribution >= 4 is 11.9 Å². The van der Waals surface area contributed by atoms with Crippen molar-refractivity contribution in [2.75, 3.05) is 14.2 Å². The molecule has 5 heteroatoms. The van der Waals surface area contributed by atoms with Gasteiger partial charge in [0.25, 0.3) is 0 Å². The van der Waals surface area contributed by atoms with Gasteiger partial charge in [0.05, 0.1) is 14.2 Å². The molecule has 0 unspecified atom stereocenters. The fourth-order valence-corrected chi connectivity index (χ4v) is 4.09. The van der Waals surface area contributed by atoms with Crippen LogP contribution in [0.25, 0.3) is 0 Å². The molecule has 0 aliphatic heterocycles. The molecule has 1 fully saturated rings. The number of nitrogens with zero attached hydrogens (tertiary/aromatic N) is 1. The maximum Gasteiger partial charge on any atom is 0.324 e. The third kappa shape index (κ3) is 4.21. The molecule has 0 N–H and O–H groups in total. The molecule has 148 valence electrons. The first kappa shape index (κ1) is 21.1. The lowest BCUT2D eigenvalue weighted by atomic mass is 9.78. The monoisotopic (exact) mass is 373 g/mol. The first-order chi connectivity index (χ1) is 12.9. The van der Waals surface area contributed by atoms with E-state index in [1.165, 1.54) is 52.0 Å². The smallest absolute Gasteiger partial charge is 0.324 e. The van der Waals surface area contributed by atoms with Gasteiger partial charge >= 0.3 is 11.9 Å². The van der Waals surface area contributed by atoms with E-state index < -0.39 is 17.4 Å². The van der Waals surface area contributed by atoms with Gasteiger partial charge in [-0.1, -0.05) is 19.3 Å². The third-order valence-electron chi connectivity index (χ3n) is 5.89. The summed E-state index contributed by atoms with van der Waals surface area (Å²) in [5, 5.41) is 0. The van der Waals surface area contributed by atoms with Crippen molar-refractivity contribution < 1.29 is 19.1 Å². The largest absolute Gasteiger partial charge is 0.468 e. The SMILES string of the molecule is CC#CCC(Cc1cn(C2CCCCC2)c(C)c1C)(C(=O)OC)C(=O)OC. The number of hydrogen-bond donors (Lipinski definition) is 0. The van der Waals surface area contributed by atoms with Crippen molar-refractivity contribution in [3.05, 3.63) is 23.0 Å². The maximum absolute atomic E-state index is 12.7. The van der Waals surface area contributed by atoms with Gasteiger partial charge in [0.15, 0.2) is 5.41 Å². The normalized spacial score (nSPS) is 15.0. The Kier molecular flexibility index (Phi) is 7.12. The van der Waals surface area contributed by atoms with Crippen molar-refractivity contribution in [2.45, 2.75) is 71.8 Å². The maximum atomic E-state index is 12.7.